The Labute approximate surface area is 212 Å². The summed E-state index contributed by atoms with van der Waals surface area (Å²) in [5, 5.41) is 23.7. The molecular formula is C25H40N4O7. The van der Waals surface area contributed by atoms with E-state index in [1.54, 1.807) is 12.3 Å². The second kappa shape index (κ2) is 12.4. The van der Waals surface area contributed by atoms with Gasteiger partial charge in [-0.25, -0.2) is 4.79 Å². The van der Waals surface area contributed by atoms with E-state index in [1.165, 1.54) is 10.6 Å². The van der Waals surface area contributed by atoms with Gasteiger partial charge in [0.2, 0.25) is 5.91 Å². The molecule has 3 rings (SSSR count). The molecule has 1 amide bonds. The molecule has 9 atom stereocenters. The Bertz CT molecular complexity index is 968. The summed E-state index contributed by atoms with van der Waals surface area (Å²) in [6, 6.07) is 1.20. The first-order valence-corrected chi connectivity index (χ1v) is 12.6. The third-order valence-electron chi connectivity index (χ3n) is 6.92. The van der Waals surface area contributed by atoms with Gasteiger partial charge in [-0.1, -0.05) is 26.3 Å². The zero-order chi connectivity index (χ0) is 26.6. The maximum Gasteiger partial charge on any atom is 0.351 e. The van der Waals surface area contributed by atoms with E-state index in [9.17, 15) is 19.8 Å². The van der Waals surface area contributed by atoms with E-state index >= 15 is 0 Å². The molecule has 2 aliphatic rings. The molecule has 0 saturated carbocycles. The predicted octanol–water partition coefficient (Wildman–Crippen LogP) is 1.26. The number of amides is 1. The first kappa shape index (κ1) is 28.4. The molecule has 0 bridgehead atoms. The Balaban J connectivity index is 1.58. The quantitative estimate of drug-likeness (QED) is 0.444. The fraction of sp³-hybridized carbons (Fsp3) is 0.720. The number of rotatable bonds is 8. The van der Waals surface area contributed by atoms with Gasteiger partial charge < -0.3 is 34.6 Å². The van der Waals surface area contributed by atoms with E-state index in [0.717, 1.165) is 6.42 Å². The number of anilines is 1. The lowest BCUT2D eigenvalue weighted by Crippen LogP contribution is -2.62. The molecule has 1 aromatic heterocycles. The number of aliphatic hydroxyl groups is 2. The molecule has 0 spiro atoms. The number of hydrogen-bond donors (Lipinski definition) is 3. The zero-order valence-corrected chi connectivity index (χ0v) is 21.9. The van der Waals surface area contributed by atoms with Gasteiger partial charge >= 0.3 is 5.69 Å². The number of aliphatic hydroxyl groups excluding tert-OH is 2. The second-order valence-electron chi connectivity index (χ2n) is 9.93. The van der Waals surface area contributed by atoms with Crippen LogP contribution in [0.4, 0.5) is 5.82 Å². The normalized spacial score (nSPS) is 34.1. The van der Waals surface area contributed by atoms with Crippen molar-refractivity contribution in [1.82, 2.24) is 14.5 Å². The molecule has 2 saturated heterocycles. The Morgan fingerprint density at radius 3 is 2.61 bits per heavy atom. The van der Waals surface area contributed by atoms with Gasteiger partial charge in [-0.05, 0) is 58.8 Å². The van der Waals surface area contributed by atoms with Crippen molar-refractivity contribution in [1.29, 1.82) is 0 Å². The Kier molecular flexibility index (Phi) is 9.79. The van der Waals surface area contributed by atoms with Gasteiger partial charge in [0.1, 0.15) is 24.3 Å². The molecule has 2 fully saturated rings. The van der Waals surface area contributed by atoms with Crippen LogP contribution in [0.1, 0.15) is 53.2 Å². The number of ether oxygens (including phenoxy) is 3. The number of carbonyl (C=O) groups excluding carboxylic acids is 1. The Hall–Kier alpha value is -2.15. The molecular weight excluding hydrogens is 468 g/mol. The van der Waals surface area contributed by atoms with Crippen LogP contribution in [0.5, 0.6) is 0 Å². The molecule has 2 aliphatic heterocycles. The smallest absolute Gasteiger partial charge is 0.351 e. The summed E-state index contributed by atoms with van der Waals surface area (Å²) < 4.78 is 19.3. The van der Waals surface area contributed by atoms with Crippen molar-refractivity contribution in [2.45, 2.75) is 96.0 Å². The highest BCUT2D eigenvalue weighted by Crippen LogP contribution is 2.32. The van der Waals surface area contributed by atoms with Crippen LogP contribution in [0.2, 0.25) is 0 Å². The summed E-state index contributed by atoms with van der Waals surface area (Å²) in [5.41, 5.74) is -0.534. The maximum absolute atomic E-state index is 12.6. The van der Waals surface area contributed by atoms with E-state index in [1.807, 2.05) is 52.8 Å². The third-order valence-corrected chi connectivity index (χ3v) is 6.92. The first-order valence-electron chi connectivity index (χ1n) is 12.6. The highest BCUT2D eigenvalue weighted by atomic mass is 16.7. The van der Waals surface area contributed by atoms with Gasteiger partial charge in [-0.3, -0.25) is 9.36 Å². The fourth-order valence-corrected chi connectivity index (χ4v) is 4.61. The van der Waals surface area contributed by atoms with Crippen molar-refractivity contribution in [2.24, 2.45) is 5.92 Å². The number of nitrogens with zero attached hydrogens (tertiary/aromatic N) is 3. The molecule has 0 radical (unpaired) electrons. The van der Waals surface area contributed by atoms with Crippen LogP contribution < -0.4 is 11.0 Å². The molecule has 3 heterocycles. The minimum Gasteiger partial charge on any atom is -0.388 e. The van der Waals surface area contributed by atoms with E-state index in [4.69, 9.17) is 14.2 Å². The van der Waals surface area contributed by atoms with Crippen molar-refractivity contribution in [2.75, 3.05) is 19.4 Å². The lowest BCUT2D eigenvalue weighted by Gasteiger charge is -2.46. The topological polar surface area (TPSA) is 135 Å². The van der Waals surface area contributed by atoms with Crippen molar-refractivity contribution < 1.29 is 29.2 Å². The van der Waals surface area contributed by atoms with Gasteiger partial charge in [-0.15, -0.1) is 0 Å². The summed E-state index contributed by atoms with van der Waals surface area (Å²) in [6.07, 6.45) is 1.86. The number of hydrogen-bond acceptors (Lipinski definition) is 9. The Morgan fingerprint density at radius 2 is 2.00 bits per heavy atom. The summed E-state index contributed by atoms with van der Waals surface area (Å²) >= 11 is 0. The number of aromatic nitrogens is 2. The van der Waals surface area contributed by atoms with Gasteiger partial charge in [0.15, 0.2) is 6.29 Å². The predicted molar refractivity (Wildman–Crippen MR) is 133 cm³/mol. The van der Waals surface area contributed by atoms with Crippen molar-refractivity contribution >= 4 is 11.7 Å². The average molecular weight is 509 g/mol. The van der Waals surface area contributed by atoms with Gasteiger partial charge in [-0.2, -0.15) is 4.98 Å². The largest absolute Gasteiger partial charge is 0.388 e. The summed E-state index contributed by atoms with van der Waals surface area (Å²) in [4.78, 5) is 30.5. The molecule has 3 N–H and O–H groups in total. The first-order chi connectivity index (χ1) is 17.0. The highest BCUT2D eigenvalue weighted by molar-refractivity contribution is 5.98. The number of likely N-dealkylation sites (N-methyl/N-ethyl adjacent to an activating group) is 1. The summed E-state index contributed by atoms with van der Waals surface area (Å²) in [6.45, 7) is 7.71. The van der Waals surface area contributed by atoms with Crippen LogP contribution in [0.3, 0.4) is 0 Å². The van der Waals surface area contributed by atoms with E-state index in [-0.39, 0.29) is 29.8 Å². The van der Waals surface area contributed by atoms with Crippen molar-refractivity contribution in [3.63, 3.8) is 0 Å². The molecule has 0 aliphatic carbocycles. The van der Waals surface area contributed by atoms with Crippen LogP contribution in [-0.2, 0) is 19.0 Å². The molecule has 9 unspecified atom stereocenters. The number of carbonyl (C=O) groups is 1. The lowest BCUT2D eigenvalue weighted by molar-refractivity contribution is -0.310. The van der Waals surface area contributed by atoms with Crippen LogP contribution >= 0.6 is 0 Å². The molecule has 36 heavy (non-hydrogen) atoms. The lowest BCUT2D eigenvalue weighted by atomic mass is 9.96. The van der Waals surface area contributed by atoms with Crippen LogP contribution in [0, 0.1) is 5.92 Å². The Morgan fingerprint density at radius 1 is 1.28 bits per heavy atom. The maximum atomic E-state index is 12.6. The van der Waals surface area contributed by atoms with Crippen LogP contribution in [0.15, 0.2) is 29.2 Å². The van der Waals surface area contributed by atoms with Crippen molar-refractivity contribution in [3.05, 3.63) is 34.9 Å². The molecule has 0 aromatic carbocycles. The van der Waals surface area contributed by atoms with Gasteiger partial charge in [0.25, 0.3) is 0 Å². The summed E-state index contributed by atoms with van der Waals surface area (Å²) in [5.74, 6) is 0.115. The SMILES string of the molecule is CCC(C)/C=C/C(=O)Nc1ccn(C2CCC(OC3OC(C)C(N(C)C)C(O)C3O)C(C)O2)c(=O)n1. The minimum atomic E-state index is -1.20. The second-order valence-corrected chi connectivity index (χ2v) is 9.93. The standard InChI is InChI=1S/C25H40N4O7/c1-7-14(2)8-10-19(30)26-18-12-13-29(25(33)27-18)20-11-9-17(15(3)34-20)36-24-23(32)22(31)21(28(5)6)16(4)35-24/h8,10,12-17,20-24,31-32H,7,9,11H2,1-6H3,(H,26,27,30,33)/b10-8+. The minimum absolute atomic E-state index is 0.173. The van der Waals surface area contributed by atoms with Crippen molar-refractivity contribution in [3.8, 4) is 0 Å². The number of nitrogens with one attached hydrogen (secondary N) is 1. The van der Waals surface area contributed by atoms with Crippen LogP contribution in [-0.4, -0.2) is 87.5 Å². The third kappa shape index (κ3) is 6.78. The average Bonchev–Trinajstić information content (AvgIpc) is 2.82. The van der Waals surface area contributed by atoms with E-state index < -0.39 is 42.6 Å². The molecule has 11 nitrogen and oxygen atoms in total. The molecule has 202 valence electrons. The molecule has 11 heteroatoms. The van der Waals surface area contributed by atoms with Crippen LogP contribution in [0.25, 0.3) is 0 Å². The monoisotopic (exact) mass is 508 g/mol. The van der Waals surface area contributed by atoms with Gasteiger partial charge in [0.05, 0.1) is 24.4 Å². The van der Waals surface area contributed by atoms with E-state index in [0.29, 0.717) is 12.8 Å². The number of allylic oxidation sites excluding steroid dienone is 1. The van der Waals surface area contributed by atoms with Gasteiger partial charge in [0, 0.05) is 6.20 Å². The zero-order valence-electron chi connectivity index (χ0n) is 21.9. The van der Waals surface area contributed by atoms with E-state index in [2.05, 4.69) is 10.3 Å². The fourth-order valence-electron chi connectivity index (χ4n) is 4.61. The summed E-state index contributed by atoms with van der Waals surface area (Å²) in [7, 11) is 3.64. The molecule has 1 aromatic rings. The highest BCUT2D eigenvalue weighted by Gasteiger charge is 2.46.